The summed E-state index contributed by atoms with van der Waals surface area (Å²) < 4.78 is 7.14. The van der Waals surface area contributed by atoms with Crippen LogP contribution in [0.15, 0.2) is 42.9 Å². The van der Waals surface area contributed by atoms with Crippen LogP contribution in [0.4, 0.5) is 11.6 Å². The molecule has 3 aromatic rings. The number of rotatable bonds is 5. The highest BCUT2D eigenvalue weighted by atomic mass is 35.5. The van der Waals surface area contributed by atoms with Gasteiger partial charge in [-0.3, -0.25) is 4.68 Å². The van der Waals surface area contributed by atoms with Crippen LogP contribution in [0.25, 0.3) is 11.3 Å². The molecule has 0 unspecified atom stereocenters. The third-order valence-corrected chi connectivity index (χ3v) is 3.60. The van der Waals surface area contributed by atoms with Crippen molar-refractivity contribution in [3.8, 4) is 17.0 Å². The summed E-state index contributed by atoms with van der Waals surface area (Å²) in [6.07, 6.45) is 5.22. The second kappa shape index (κ2) is 6.66. The number of methoxy groups -OCH3 is 1. The number of para-hydroxylation sites is 2. The molecule has 1 N–H and O–H groups in total. The van der Waals surface area contributed by atoms with Gasteiger partial charge < -0.3 is 10.1 Å². The van der Waals surface area contributed by atoms with Crippen LogP contribution in [0.3, 0.4) is 0 Å². The molecule has 6 nitrogen and oxygen atoms in total. The van der Waals surface area contributed by atoms with E-state index in [1.807, 2.05) is 42.1 Å². The van der Waals surface area contributed by atoms with Gasteiger partial charge in [0, 0.05) is 18.3 Å². The first-order chi connectivity index (χ1) is 11.2. The Morgan fingerprint density at radius 1 is 1.26 bits per heavy atom. The van der Waals surface area contributed by atoms with Crippen LogP contribution in [-0.2, 0) is 6.54 Å². The minimum absolute atomic E-state index is 0.443. The molecule has 0 aliphatic heterocycles. The summed E-state index contributed by atoms with van der Waals surface area (Å²) in [5.41, 5.74) is 2.27. The number of anilines is 2. The molecule has 118 valence electrons. The number of nitrogens with one attached hydrogen (secondary N) is 1. The quantitative estimate of drug-likeness (QED) is 0.772. The molecule has 0 saturated carbocycles. The van der Waals surface area contributed by atoms with Gasteiger partial charge in [-0.05, 0) is 19.1 Å². The van der Waals surface area contributed by atoms with Gasteiger partial charge in [-0.15, -0.1) is 0 Å². The third-order valence-electron chi connectivity index (χ3n) is 3.33. The Kier molecular flexibility index (Phi) is 4.43. The van der Waals surface area contributed by atoms with Crippen LogP contribution < -0.4 is 10.1 Å². The standard InChI is InChI=1S/C16H16ClN5O/c1-3-22-10-11(8-19-22)15-12(17)9-18-16(21-15)20-13-6-4-5-7-14(13)23-2/h4-10H,3H2,1-2H3,(H,18,20,21). The largest absolute Gasteiger partial charge is 0.495 e. The van der Waals surface area contributed by atoms with Crippen molar-refractivity contribution in [1.29, 1.82) is 0 Å². The first-order valence-corrected chi connectivity index (χ1v) is 7.54. The molecule has 0 saturated heterocycles. The maximum atomic E-state index is 6.23. The highest BCUT2D eigenvalue weighted by Crippen LogP contribution is 2.29. The Hall–Kier alpha value is -2.60. The Balaban J connectivity index is 1.94. The van der Waals surface area contributed by atoms with Crippen molar-refractivity contribution in [3.05, 3.63) is 47.9 Å². The molecule has 1 aromatic carbocycles. The molecule has 2 heterocycles. The van der Waals surface area contributed by atoms with Gasteiger partial charge in [0.05, 0.1) is 35.9 Å². The molecule has 0 radical (unpaired) electrons. The highest BCUT2D eigenvalue weighted by molar-refractivity contribution is 6.32. The number of ether oxygens (including phenoxy) is 1. The molecule has 0 fully saturated rings. The van der Waals surface area contributed by atoms with Gasteiger partial charge in [0.2, 0.25) is 5.95 Å². The molecule has 0 aliphatic carbocycles. The van der Waals surface area contributed by atoms with Gasteiger partial charge in [0.25, 0.3) is 0 Å². The lowest BCUT2D eigenvalue weighted by Gasteiger charge is -2.10. The molecule has 2 aromatic heterocycles. The first kappa shape index (κ1) is 15.3. The number of hydrogen-bond donors (Lipinski definition) is 1. The second-order valence-corrected chi connectivity index (χ2v) is 5.21. The Morgan fingerprint density at radius 2 is 2.09 bits per heavy atom. The minimum Gasteiger partial charge on any atom is -0.495 e. The van der Waals surface area contributed by atoms with Crippen molar-refractivity contribution in [1.82, 2.24) is 19.7 Å². The SMILES string of the molecule is CCn1cc(-c2nc(Nc3ccccc3OC)ncc2Cl)cn1. The smallest absolute Gasteiger partial charge is 0.227 e. The predicted octanol–water partition coefficient (Wildman–Crippen LogP) is 3.77. The van der Waals surface area contributed by atoms with Crippen molar-refractivity contribution >= 4 is 23.2 Å². The van der Waals surface area contributed by atoms with E-state index in [1.54, 1.807) is 19.5 Å². The lowest BCUT2D eigenvalue weighted by molar-refractivity contribution is 0.417. The fraction of sp³-hybridized carbons (Fsp3) is 0.188. The fourth-order valence-corrected chi connectivity index (χ4v) is 2.36. The summed E-state index contributed by atoms with van der Waals surface area (Å²) in [6.45, 7) is 2.81. The van der Waals surface area contributed by atoms with Crippen LogP contribution in [0.1, 0.15) is 6.92 Å². The van der Waals surface area contributed by atoms with E-state index in [0.717, 1.165) is 17.8 Å². The Bertz CT molecular complexity index is 818. The summed E-state index contributed by atoms with van der Waals surface area (Å²) in [5, 5.41) is 7.88. The number of hydrogen-bond acceptors (Lipinski definition) is 5. The van der Waals surface area contributed by atoms with Gasteiger partial charge in [-0.1, -0.05) is 23.7 Å². The van der Waals surface area contributed by atoms with Gasteiger partial charge >= 0.3 is 0 Å². The second-order valence-electron chi connectivity index (χ2n) is 4.80. The number of aromatic nitrogens is 4. The lowest BCUT2D eigenvalue weighted by atomic mass is 10.2. The third kappa shape index (κ3) is 3.27. The molecule has 3 rings (SSSR count). The summed E-state index contributed by atoms with van der Waals surface area (Å²) in [6, 6.07) is 7.57. The number of aryl methyl sites for hydroxylation is 1. The number of benzene rings is 1. The summed E-state index contributed by atoms with van der Waals surface area (Å²) >= 11 is 6.23. The average Bonchev–Trinajstić information content (AvgIpc) is 3.06. The van der Waals surface area contributed by atoms with Gasteiger partial charge in [-0.25, -0.2) is 9.97 Å². The predicted molar refractivity (Wildman–Crippen MR) is 90.2 cm³/mol. The van der Waals surface area contributed by atoms with E-state index < -0.39 is 0 Å². The molecular weight excluding hydrogens is 314 g/mol. The molecular formula is C16H16ClN5O. The van der Waals surface area contributed by atoms with Crippen molar-refractivity contribution < 1.29 is 4.74 Å². The summed E-state index contributed by atoms with van der Waals surface area (Å²) in [5.74, 6) is 1.16. The molecule has 7 heteroatoms. The Morgan fingerprint density at radius 3 is 2.83 bits per heavy atom. The van der Waals surface area contributed by atoms with Crippen LogP contribution >= 0.6 is 11.6 Å². The zero-order valence-electron chi connectivity index (χ0n) is 12.8. The van der Waals surface area contributed by atoms with E-state index in [4.69, 9.17) is 16.3 Å². The summed E-state index contributed by atoms with van der Waals surface area (Å²) in [7, 11) is 1.62. The summed E-state index contributed by atoms with van der Waals surface area (Å²) in [4.78, 5) is 8.72. The van der Waals surface area contributed by atoms with Gasteiger partial charge in [-0.2, -0.15) is 5.10 Å². The van der Waals surface area contributed by atoms with Crippen molar-refractivity contribution in [2.45, 2.75) is 13.5 Å². The fourth-order valence-electron chi connectivity index (χ4n) is 2.16. The zero-order chi connectivity index (χ0) is 16.2. The van der Waals surface area contributed by atoms with Crippen LogP contribution in [0, 0.1) is 0 Å². The molecule has 0 spiro atoms. The Labute approximate surface area is 139 Å². The van der Waals surface area contributed by atoms with Crippen LogP contribution in [0.2, 0.25) is 5.02 Å². The molecule has 0 amide bonds. The van der Waals surface area contributed by atoms with Gasteiger partial charge in [0.15, 0.2) is 0 Å². The lowest BCUT2D eigenvalue weighted by Crippen LogP contribution is -2.00. The van der Waals surface area contributed by atoms with Crippen molar-refractivity contribution in [2.24, 2.45) is 0 Å². The molecule has 0 aliphatic rings. The molecule has 23 heavy (non-hydrogen) atoms. The van der Waals surface area contributed by atoms with Crippen LogP contribution in [0.5, 0.6) is 5.75 Å². The van der Waals surface area contributed by atoms with Crippen LogP contribution in [-0.4, -0.2) is 26.9 Å². The van der Waals surface area contributed by atoms with E-state index in [0.29, 0.717) is 22.4 Å². The van der Waals surface area contributed by atoms with E-state index in [-0.39, 0.29) is 0 Å². The first-order valence-electron chi connectivity index (χ1n) is 7.16. The van der Waals surface area contributed by atoms with E-state index in [1.165, 1.54) is 0 Å². The maximum Gasteiger partial charge on any atom is 0.227 e. The van der Waals surface area contributed by atoms with E-state index >= 15 is 0 Å². The maximum absolute atomic E-state index is 6.23. The minimum atomic E-state index is 0.443. The van der Waals surface area contributed by atoms with E-state index in [9.17, 15) is 0 Å². The number of nitrogens with zero attached hydrogens (tertiary/aromatic N) is 4. The zero-order valence-corrected chi connectivity index (χ0v) is 13.6. The highest BCUT2D eigenvalue weighted by Gasteiger charge is 2.11. The normalized spacial score (nSPS) is 10.6. The van der Waals surface area contributed by atoms with Crippen molar-refractivity contribution in [2.75, 3.05) is 12.4 Å². The number of halogens is 1. The van der Waals surface area contributed by atoms with Crippen molar-refractivity contribution in [3.63, 3.8) is 0 Å². The van der Waals surface area contributed by atoms with Gasteiger partial charge in [0.1, 0.15) is 5.75 Å². The molecule has 0 bridgehead atoms. The van der Waals surface area contributed by atoms with E-state index in [2.05, 4.69) is 20.4 Å². The topological polar surface area (TPSA) is 64.9 Å². The monoisotopic (exact) mass is 329 g/mol. The molecule has 0 atom stereocenters. The average molecular weight is 330 g/mol.